The molecular formula is C38H36BF5I2O3. The maximum atomic E-state index is 12.6. The van der Waals surface area contributed by atoms with Crippen molar-refractivity contribution in [1.82, 2.24) is 0 Å². The normalized spacial score (nSPS) is 11.1. The van der Waals surface area contributed by atoms with Crippen LogP contribution >= 0.6 is 0 Å². The first-order valence-corrected chi connectivity index (χ1v) is 19.4. The molecule has 0 aromatic heterocycles. The Morgan fingerprint density at radius 2 is 0.796 bits per heavy atom. The largest absolute Gasteiger partial charge is 0.860 e. The van der Waals surface area contributed by atoms with E-state index in [-0.39, 0.29) is 42.4 Å². The number of hydrogen-bond acceptors (Lipinski definition) is 3. The fraction of sp³-hybridized carbons (Fsp3) is 0.211. The Morgan fingerprint density at radius 1 is 0.490 bits per heavy atom. The molecule has 0 amide bonds. The first-order chi connectivity index (χ1) is 23.0. The van der Waals surface area contributed by atoms with Crippen molar-refractivity contribution >= 4 is 7.32 Å². The minimum Gasteiger partial charge on any atom is -0.860 e. The van der Waals surface area contributed by atoms with Crippen molar-refractivity contribution in [1.29, 1.82) is 0 Å². The molecule has 0 unspecified atom stereocenters. The monoisotopic (exact) mass is 900 g/mol. The summed E-state index contributed by atoms with van der Waals surface area (Å²) in [5.41, 5.74) is 5.78. The Hall–Kier alpha value is -3.01. The zero-order valence-electron chi connectivity index (χ0n) is 27.8. The summed E-state index contributed by atoms with van der Waals surface area (Å²) < 4.78 is 69.6. The molecule has 3 nitrogen and oxygen atoms in total. The van der Waals surface area contributed by atoms with Gasteiger partial charge in [-0.05, 0) is 53.7 Å². The highest BCUT2D eigenvalue weighted by molar-refractivity contribution is 6.29. The van der Waals surface area contributed by atoms with E-state index in [9.17, 15) is 32.0 Å². The molecule has 5 aromatic carbocycles. The van der Waals surface area contributed by atoms with E-state index in [1.165, 1.54) is 22.3 Å². The van der Waals surface area contributed by atoms with Crippen LogP contribution in [0.4, 0.5) is 22.0 Å². The van der Waals surface area contributed by atoms with Gasteiger partial charge in [0, 0.05) is 22.3 Å². The van der Waals surface area contributed by atoms with Crippen molar-refractivity contribution in [3.63, 3.8) is 0 Å². The number of hydrogen-bond donors (Lipinski definition) is 0. The molecule has 0 aliphatic rings. The van der Waals surface area contributed by atoms with Gasteiger partial charge < -0.3 is 14.7 Å². The van der Waals surface area contributed by atoms with Crippen molar-refractivity contribution < 1.29 is 79.1 Å². The van der Waals surface area contributed by atoms with Crippen molar-refractivity contribution in [2.45, 2.75) is 48.4 Å². The topological polar surface area (TPSA) is 55.3 Å². The molecule has 49 heavy (non-hydrogen) atoms. The van der Waals surface area contributed by atoms with Crippen LogP contribution in [0.2, 0.25) is 0 Å². The number of benzene rings is 5. The third kappa shape index (κ3) is 11.5. The second-order valence-corrected chi connectivity index (χ2v) is 20.5. The lowest BCUT2D eigenvalue weighted by atomic mass is 10.0. The Kier molecular flexibility index (Phi) is 15.1. The zero-order valence-corrected chi connectivity index (χ0v) is 32.2. The lowest BCUT2D eigenvalue weighted by Crippen LogP contribution is -3.66. The minimum atomic E-state index is -3.20. The van der Waals surface area contributed by atoms with E-state index in [4.69, 9.17) is 0 Å². The van der Waals surface area contributed by atoms with E-state index in [1.807, 2.05) is 0 Å². The zero-order chi connectivity index (χ0) is 36.4. The Bertz CT molecular complexity index is 1680. The Balaban J connectivity index is 0.000000200. The summed E-state index contributed by atoms with van der Waals surface area (Å²) >= 11 is -0.0400. The average Bonchev–Trinajstić information content (AvgIpc) is 3.08. The predicted octanol–water partition coefficient (Wildman–Crippen LogP) is 1.84. The average molecular weight is 900 g/mol. The van der Waals surface area contributed by atoms with Gasteiger partial charge in [-0.3, -0.25) is 0 Å². The van der Waals surface area contributed by atoms with Gasteiger partial charge in [-0.25, -0.2) is 13.2 Å². The fourth-order valence-corrected chi connectivity index (χ4v) is 10.6. The first-order valence-electron chi connectivity index (χ1n) is 15.1. The van der Waals surface area contributed by atoms with Crippen molar-refractivity contribution in [2.24, 2.45) is 0 Å². The summed E-state index contributed by atoms with van der Waals surface area (Å²) in [5, 5.41) is 19.7. The summed E-state index contributed by atoms with van der Waals surface area (Å²) in [6.45, 7) is 13.9. The lowest BCUT2D eigenvalue weighted by molar-refractivity contribution is -0.705. The van der Waals surface area contributed by atoms with Crippen LogP contribution in [-0.2, 0) is 6.84 Å². The highest BCUT2D eigenvalue weighted by Gasteiger charge is 2.38. The predicted molar refractivity (Wildman–Crippen MR) is 171 cm³/mol. The molecule has 0 radical (unpaired) electrons. The highest BCUT2D eigenvalue weighted by Crippen LogP contribution is 2.28. The third-order valence-corrected chi connectivity index (χ3v) is 14.7. The summed E-state index contributed by atoms with van der Waals surface area (Å²) in [7, 11) is -3.20. The van der Waals surface area contributed by atoms with Crippen molar-refractivity contribution in [3.05, 3.63) is 168 Å². The molecule has 0 heterocycles. The molecule has 0 saturated heterocycles. The molecule has 5 aromatic rings. The first kappa shape index (κ1) is 40.4. The molecule has 0 atom stereocenters. The van der Waals surface area contributed by atoms with Crippen LogP contribution in [0.25, 0.3) is 0 Å². The van der Waals surface area contributed by atoms with Gasteiger partial charge in [-0.2, -0.15) is 8.78 Å². The fourth-order valence-electron chi connectivity index (χ4n) is 4.39. The van der Waals surface area contributed by atoms with Gasteiger partial charge in [0.15, 0.2) is 19.7 Å². The van der Waals surface area contributed by atoms with Crippen LogP contribution in [0.1, 0.15) is 49.9 Å². The summed E-state index contributed by atoms with van der Waals surface area (Å²) in [4.78, 5) is 0. The minimum absolute atomic E-state index is 0.0200. The molecule has 0 saturated carbocycles. The van der Waals surface area contributed by atoms with Gasteiger partial charge in [0.1, 0.15) is 7.32 Å². The van der Waals surface area contributed by atoms with Gasteiger partial charge in [0.25, 0.3) is 0 Å². The van der Waals surface area contributed by atoms with Gasteiger partial charge in [-0.1, -0.05) is 97.1 Å². The quantitative estimate of drug-likeness (QED) is 0.0598. The molecule has 0 aliphatic carbocycles. The summed E-state index contributed by atoms with van der Waals surface area (Å²) in [6, 6.07) is 39.3. The second kappa shape index (κ2) is 18.3. The number of halogens is 7. The summed E-state index contributed by atoms with van der Waals surface area (Å²) in [6.07, 6.45) is 0. The number of alkyl halides is 2. The maximum absolute atomic E-state index is 12.6. The van der Waals surface area contributed by atoms with E-state index in [0.717, 1.165) is 0 Å². The second-order valence-electron chi connectivity index (χ2n) is 11.7. The smallest absolute Gasteiger partial charge is 0.324 e. The molecular weight excluding hydrogens is 864 g/mol. The lowest BCUT2D eigenvalue weighted by Gasteiger charge is -2.27. The van der Waals surface area contributed by atoms with Gasteiger partial charge >= 0.3 is 42.4 Å². The van der Waals surface area contributed by atoms with Crippen LogP contribution in [0.3, 0.4) is 0 Å². The standard InChI is InChI=1S/2C16H18I.C6BF5O3/c2*1-13-9-7-8-12-15(13)17-16(2,3)14-10-5-4-6-11-14;8-1-2(9)4(11)6(15-7(13)14)5(12)3(1)10/h2*4-12H,1-3H3;/q2*+1;-2. The highest BCUT2D eigenvalue weighted by atomic mass is 127. The molecule has 0 fully saturated rings. The van der Waals surface area contributed by atoms with Gasteiger partial charge in [0.05, 0.1) is 0 Å². The molecule has 0 spiro atoms. The molecule has 0 bridgehead atoms. The van der Waals surface area contributed by atoms with E-state index in [2.05, 4.69) is 155 Å². The maximum Gasteiger partial charge on any atom is 0.324 e. The molecule has 258 valence electrons. The SMILES string of the molecule is Cc1ccccc1[I+]C(C)(C)c1ccccc1.Cc1ccccc1[I+]C(C)(C)c1ccccc1.[O-]B([O-])Oc1c(F)c(F)c(F)c(F)c1F. The van der Waals surface area contributed by atoms with Gasteiger partial charge in [-0.15, -0.1) is 0 Å². The van der Waals surface area contributed by atoms with Crippen LogP contribution in [0.15, 0.2) is 109 Å². The Labute approximate surface area is 306 Å². The van der Waals surface area contributed by atoms with E-state index in [0.29, 0.717) is 6.84 Å². The van der Waals surface area contributed by atoms with Crippen molar-refractivity contribution in [2.75, 3.05) is 0 Å². The Morgan fingerprint density at radius 3 is 1.12 bits per heavy atom. The summed E-state index contributed by atoms with van der Waals surface area (Å²) in [5.74, 6) is -13.6. The van der Waals surface area contributed by atoms with Crippen LogP contribution in [-0.4, -0.2) is 7.32 Å². The molecule has 5 rings (SSSR count). The molecule has 0 N–H and O–H groups in total. The molecule has 11 heteroatoms. The number of rotatable bonds is 8. The molecule has 0 aliphatic heterocycles. The van der Waals surface area contributed by atoms with Crippen LogP contribution in [0.5, 0.6) is 5.75 Å². The third-order valence-electron chi connectivity index (χ3n) is 7.13. The van der Waals surface area contributed by atoms with E-state index >= 15 is 0 Å². The van der Waals surface area contributed by atoms with Crippen molar-refractivity contribution in [3.8, 4) is 5.75 Å². The van der Waals surface area contributed by atoms with E-state index < -0.39 is 42.2 Å². The van der Waals surface area contributed by atoms with Gasteiger partial charge in [0.2, 0.25) is 29.1 Å². The van der Waals surface area contributed by atoms with Crippen LogP contribution < -0.4 is 57.1 Å². The van der Waals surface area contributed by atoms with E-state index in [1.54, 1.807) is 7.14 Å². The van der Waals surface area contributed by atoms with Crippen LogP contribution in [0, 0.1) is 50.1 Å². The number of aryl methyl sites for hydroxylation is 2.